The first kappa shape index (κ1) is 18.0. The lowest BCUT2D eigenvalue weighted by Gasteiger charge is -2.43. The quantitative estimate of drug-likeness (QED) is 0.639. The van der Waals surface area contributed by atoms with E-state index in [0.717, 1.165) is 11.8 Å². The van der Waals surface area contributed by atoms with Gasteiger partial charge in [0.25, 0.3) is 0 Å². The summed E-state index contributed by atoms with van der Waals surface area (Å²) in [6, 6.07) is 0. The lowest BCUT2D eigenvalue weighted by Crippen LogP contribution is -2.47. The van der Waals surface area contributed by atoms with E-state index in [0.29, 0.717) is 5.41 Å². The zero-order chi connectivity index (χ0) is 15.0. The molecule has 1 N–H and O–H groups in total. The third kappa shape index (κ3) is 6.13. The number of nitrogens with zero attached hydrogens (tertiary/aromatic N) is 1. The van der Waals surface area contributed by atoms with Crippen LogP contribution in [0.5, 0.6) is 0 Å². The van der Waals surface area contributed by atoms with E-state index >= 15 is 0 Å². The van der Waals surface area contributed by atoms with E-state index in [1.165, 1.54) is 64.8 Å². The Balaban J connectivity index is 2.60. The molecule has 0 saturated heterocycles. The van der Waals surface area contributed by atoms with Gasteiger partial charge < -0.3 is 10.2 Å². The first-order valence-electron chi connectivity index (χ1n) is 8.94. The monoisotopic (exact) mass is 282 g/mol. The minimum absolute atomic E-state index is 0.534. The van der Waals surface area contributed by atoms with Crippen molar-refractivity contribution in [1.29, 1.82) is 0 Å². The Labute approximate surface area is 127 Å². The van der Waals surface area contributed by atoms with E-state index in [1.807, 2.05) is 0 Å². The average Bonchev–Trinajstić information content (AvgIpc) is 2.41. The third-order valence-corrected chi connectivity index (χ3v) is 4.89. The SMILES string of the molecule is CCCNCC1(CN(CC)CC(C)C)CCC(C)CC1. The fourth-order valence-corrected chi connectivity index (χ4v) is 3.59. The predicted molar refractivity (Wildman–Crippen MR) is 90.2 cm³/mol. The minimum Gasteiger partial charge on any atom is -0.316 e. The van der Waals surface area contributed by atoms with Crippen LogP contribution in [0.15, 0.2) is 0 Å². The summed E-state index contributed by atoms with van der Waals surface area (Å²) >= 11 is 0. The zero-order valence-corrected chi connectivity index (χ0v) is 14.7. The minimum atomic E-state index is 0.534. The zero-order valence-electron chi connectivity index (χ0n) is 14.7. The molecule has 1 aliphatic carbocycles. The van der Waals surface area contributed by atoms with E-state index in [1.54, 1.807) is 0 Å². The fourth-order valence-electron chi connectivity index (χ4n) is 3.59. The Bertz CT molecular complexity index is 242. The van der Waals surface area contributed by atoms with E-state index in [-0.39, 0.29) is 0 Å². The largest absolute Gasteiger partial charge is 0.316 e. The highest BCUT2D eigenvalue weighted by Gasteiger charge is 2.35. The Morgan fingerprint density at radius 1 is 1.20 bits per heavy atom. The molecule has 0 unspecified atom stereocenters. The molecule has 0 aliphatic heterocycles. The Hall–Kier alpha value is -0.0800. The Morgan fingerprint density at radius 3 is 2.35 bits per heavy atom. The van der Waals surface area contributed by atoms with Gasteiger partial charge in [-0.2, -0.15) is 0 Å². The average molecular weight is 283 g/mol. The van der Waals surface area contributed by atoms with Crippen LogP contribution >= 0.6 is 0 Å². The summed E-state index contributed by atoms with van der Waals surface area (Å²) in [4.78, 5) is 2.69. The molecule has 2 heteroatoms. The molecule has 1 fully saturated rings. The predicted octanol–water partition coefficient (Wildman–Crippen LogP) is 4.16. The van der Waals surface area contributed by atoms with Crippen LogP contribution in [0.1, 0.15) is 66.7 Å². The van der Waals surface area contributed by atoms with Gasteiger partial charge in [0, 0.05) is 19.6 Å². The Kier molecular flexibility index (Phi) is 8.13. The molecule has 1 aliphatic rings. The van der Waals surface area contributed by atoms with Crippen molar-refractivity contribution in [2.75, 3.05) is 32.7 Å². The van der Waals surface area contributed by atoms with Gasteiger partial charge in [-0.15, -0.1) is 0 Å². The third-order valence-electron chi connectivity index (χ3n) is 4.89. The number of rotatable bonds is 9. The van der Waals surface area contributed by atoms with Crippen LogP contribution in [-0.2, 0) is 0 Å². The van der Waals surface area contributed by atoms with Crippen molar-refractivity contribution in [3.05, 3.63) is 0 Å². The second-order valence-electron chi connectivity index (χ2n) is 7.58. The molecule has 0 aromatic rings. The number of hydrogen-bond donors (Lipinski definition) is 1. The molecule has 2 nitrogen and oxygen atoms in total. The molecular weight excluding hydrogens is 244 g/mol. The van der Waals surface area contributed by atoms with Crippen LogP contribution in [0.2, 0.25) is 0 Å². The van der Waals surface area contributed by atoms with Crippen LogP contribution in [0, 0.1) is 17.3 Å². The first-order chi connectivity index (χ1) is 9.51. The van der Waals surface area contributed by atoms with E-state index in [9.17, 15) is 0 Å². The maximum Gasteiger partial charge on any atom is 0.00501 e. The summed E-state index contributed by atoms with van der Waals surface area (Å²) < 4.78 is 0. The van der Waals surface area contributed by atoms with Gasteiger partial charge in [-0.3, -0.25) is 0 Å². The maximum absolute atomic E-state index is 3.72. The van der Waals surface area contributed by atoms with Crippen molar-refractivity contribution in [2.45, 2.75) is 66.7 Å². The van der Waals surface area contributed by atoms with Crippen molar-refractivity contribution in [3.63, 3.8) is 0 Å². The molecule has 0 atom stereocenters. The maximum atomic E-state index is 3.72. The van der Waals surface area contributed by atoms with Crippen molar-refractivity contribution in [3.8, 4) is 0 Å². The highest BCUT2D eigenvalue weighted by molar-refractivity contribution is 4.89. The lowest BCUT2D eigenvalue weighted by atomic mass is 9.70. The molecular formula is C18H38N2. The highest BCUT2D eigenvalue weighted by atomic mass is 15.1. The fraction of sp³-hybridized carbons (Fsp3) is 1.00. The van der Waals surface area contributed by atoms with E-state index in [4.69, 9.17) is 0 Å². The molecule has 0 radical (unpaired) electrons. The van der Waals surface area contributed by atoms with Crippen molar-refractivity contribution < 1.29 is 0 Å². The van der Waals surface area contributed by atoms with Crippen molar-refractivity contribution in [1.82, 2.24) is 10.2 Å². The van der Waals surface area contributed by atoms with Gasteiger partial charge in [-0.1, -0.05) is 47.5 Å². The molecule has 0 aromatic carbocycles. The van der Waals surface area contributed by atoms with Gasteiger partial charge in [-0.25, -0.2) is 0 Å². The number of nitrogens with one attached hydrogen (secondary N) is 1. The van der Waals surface area contributed by atoms with Crippen molar-refractivity contribution in [2.24, 2.45) is 17.3 Å². The normalized spacial score (nSPS) is 27.4. The topological polar surface area (TPSA) is 15.3 Å². The van der Waals surface area contributed by atoms with Crippen LogP contribution in [-0.4, -0.2) is 37.6 Å². The van der Waals surface area contributed by atoms with Crippen LogP contribution < -0.4 is 5.32 Å². The van der Waals surface area contributed by atoms with E-state index < -0.39 is 0 Å². The van der Waals surface area contributed by atoms with Gasteiger partial charge in [-0.05, 0) is 49.6 Å². The molecule has 20 heavy (non-hydrogen) atoms. The molecule has 1 rings (SSSR count). The smallest absolute Gasteiger partial charge is 0.00501 e. The highest BCUT2D eigenvalue weighted by Crippen LogP contribution is 2.39. The summed E-state index contributed by atoms with van der Waals surface area (Å²) in [6.07, 6.45) is 6.93. The van der Waals surface area contributed by atoms with E-state index in [2.05, 4.69) is 44.8 Å². The molecule has 1 saturated carbocycles. The lowest BCUT2D eigenvalue weighted by molar-refractivity contribution is 0.0831. The first-order valence-corrected chi connectivity index (χ1v) is 8.94. The van der Waals surface area contributed by atoms with Gasteiger partial charge in [0.2, 0.25) is 0 Å². The summed E-state index contributed by atoms with van der Waals surface area (Å²) in [5.41, 5.74) is 0.534. The van der Waals surface area contributed by atoms with Crippen molar-refractivity contribution >= 4 is 0 Å². The second kappa shape index (κ2) is 9.04. The standard InChI is InChI=1S/C18H38N2/c1-6-12-19-14-18(10-8-17(5)9-11-18)15-20(7-2)13-16(3)4/h16-17,19H,6-15H2,1-5H3. The molecule has 0 aromatic heterocycles. The van der Waals surface area contributed by atoms with Crippen LogP contribution in [0.4, 0.5) is 0 Å². The summed E-state index contributed by atoms with van der Waals surface area (Å²) in [6.45, 7) is 17.8. The molecule has 120 valence electrons. The van der Waals surface area contributed by atoms with Gasteiger partial charge >= 0.3 is 0 Å². The Morgan fingerprint density at radius 2 is 1.85 bits per heavy atom. The van der Waals surface area contributed by atoms with Gasteiger partial charge in [0.05, 0.1) is 0 Å². The second-order valence-corrected chi connectivity index (χ2v) is 7.58. The molecule has 0 heterocycles. The summed E-state index contributed by atoms with van der Waals surface area (Å²) in [5.74, 6) is 1.72. The summed E-state index contributed by atoms with van der Waals surface area (Å²) in [7, 11) is 0. The van der Waals surface area contributed by atoms with Gasteiger partial charge in [0.15, 0.2) is 0 Å². The molecule has 0 spiro atoms. The molecule has 0 amide bonds. The number of hydrogen-bond acceptors (Lipinski definition) is 2. The molecule has 0 bridgehead atoms. The van der Waals surface area contributed by atoms with Gasteiger partial charge in [0.1, 0.15) is 0 Å². The summed E-state index contributed by atoms with van der Waals surface area (Å²) in [5, 5.41) is 3.72. The van der Waals surface area contributed by atoms with Crippen LogP contribution in [0.3, 0.4) is 0 Å². The van der Waals surface area contributed by atoms with Crippen LogP contribution in [0.25, 0.3) is 0 Å².